The predicted molar refractivity (Wildman–Crippen MR) is 61.8 cm³/mol. The molecule has 0 unspecified atom stereocenters. The molecule has 6 heteroatoms. The van der Waals surface area contributed by atoms with Crippen LogP contribution in [-0.2, 0) is 4.79 Å². The van der Waals surface area contributed by atoms with Gasteiger partial charge in [0.25, 0.3) is 0 Å². The molecule has 0 bridgehead atoms. The average molecular weight is 252 g/mol. The maximum atomic E-state index is 13.0. The van der Waals surface area contributed by atoms with Crippen molar-refractivity contribution in [2.75, 3.05) is 26.2 Å². The van der Waals surface area contributed by atoms with Crippen LogP contribution in [0.2, 0.25) is 0 Å². The number of phenols is 1. The van der Waals surface area contributed by atoms with Crippen molar-refractivity contribution in [3.8, 4) is 5.75 Å². The summed E-state index contributed by atoms with van der Waals surface area (Å²) in [6.45, 7) is 1.18. The highest BCUT2D eigenvalue weighted by atomic mass is 19.1. The van der Waals surface area contributed by atoms with Gasteiger partial charge in [-0.15, -0.1) is 0 Å². The number of rotatable bonds is 3. The summed E-state index contributed by atoms with van der Waals surface area (Å²) >= 11 is 0. The maximum absolute atomic E-state index is 13.0. The van der Waals surface area contributed by atoms with E-state index in [1.54, 1.807) is 4.90 Å². The summed E-state index contributed by atoms with van der Waals surface area (Å²) in [5.74, 6) is -1.37. The first kappa shape index (κ1) is 12.5. The Morgan fingerprint density at radius 2 is 2.28 bits per heavy atom. The van der Waals surface area contributed by atoms with Gasteiger partial charge in [0.05, 0.1) is 18.7 Å². The molecule has 1 amide bonds. The molecule has 1 heterocycles. The number of benzene rings is 1. The number of halogens is 1. The van der Waals surface area contributed by atoms with E-state index in [0.29, 0.717) is 13.1 Å². The van der Waals surface area contributed by atoms with E-state index in [0.717, 1.165) is 18.2 Å². The van der Waals surface area contributed by atoms with Crippen molar-refractivity contribution in [3.05, 3.63) is 29.6 Å². The van der Waals surface area contributed by atoms with Crippen molar-refractivity contribution in [1.29, 1.82) is 0 Å². The number of ketones is 1. The summed E-state index contributed by atoms with van der Waals surface area (Å²) in [5.41, 5.74) is -0.0546. The lowest BCUT2D eigenvalue weighted by Gasteiger charge is -2.25. The molecule has 0 radical (unpaired) electrons. The molecule has 1 aliphatic rings. The summed E-state index contributed by atoms with van der Waals surface area (Å²) in [5, 5.41) is 12.1. The molecule has 0 atom stereocenters. The smallest absolute Gasteiger partial charge is 0.234 e. The van der Waals surface area contributed by atoms with Crippen molar-refractivity contribution in [1.82, 2.24) is 10.2 Å². The van der Waals surface area contributed by atoms with E-state index >= 15 is 0 Å². The monoisotopic (exact) mass is 252 g/mol. The highest BCUT2D eigenvalue weighted by Gasteiger charge is 2.20. The van der Waals surface area contributed by atoms with Gasteiger partial charge in [0, 0.05) is 13.1 Å². The number of piperazine rings is 1. The second-order valence-electron chi connectivity index (χ2n) is 4.15. The molecule has 1 aromatic carbocycles. The SMILES string of the molecule is O=C1CN(CC(=O)c2cc(F)ccc2O)CCN1. The van der Waals surface area contributed by atoms with Crippen LogP contribution in [0.15, 0.2) is 18.2 Å². The second kappa shape index (κ2) is 5.14. The Balaban J connectivity index is 2.07. The zero-order valence-corrected chi connectivity index (χ0v) is 9.65. The van der Waals surface area contributed by atoms with E-state index in [1.807, 2.05) is 0 Å². The highest BCUT2D eigenvalue weighted by molar-refractivity contribution is 6.00. The van der Waals surface area contributed by atoms with E-state index in [4.69, 9.17) is 0 Å². The van der Waals surface area contributed by atoms with Gasteiger partial charge < -0.3 is 10.4 Å². The standard InChI is InChI=1S/C12H13FN2O3/c13-8-1-2-10(16)9(5-8)11(17)6-15-4-3-14-12(18)7-15/h1-2,5,16H,3-4,6-7H2,(H,14,18). The van der Waals surface area contributed by atoms with Gasteiger partial charge in [0.2, 0.25) is 5.91 Å². The molecule has 0 aromatic heterocycles. The van der Waals surface area contributed by atoms with E-state index in [-0.39, 0.29) is 30.3 Å². The van der Waals surface area contributed by atoms with E-state index in [9.17, 15) is 19.1 Å². The molecule has 96 valence electrons. The minimum atomic E-state index is -0.576. The topological polar surface area (TPSA) is 69.6 Å². The van der Waals surface area contributed by atoms with Crippen LogP contribution < -0.4 is 5.32 Å². The fraction of sp³-hybridized carbons (Fsp3) is 0.333. The molecule has 1 aliphatic heterocycles. The van der Waals surface area contributed by atoms with Crippen LogP contribution in [0.3, 0.4) is 0 Å². The third kappa shape index (κ3) is 2.84. The lowest BCUT2D eigenvalue weighted by molar-refractivity contribution is -0.123. The number of amides is 1. The molecule has 18 heavy (non-hydrogen) atoms. The molecule has 0 spiro atoms. The first-order chi connectivity index (χ1) is 8.56. The first-order valence-corrected chi connectivity index (χ1v) is 5.57. The molecule has 0 aliphatic carbocycles. The Morgan fingerprint density at radius 3 is 3.00 bits per heavy atom. The molecule has 1 aromatic rings. The van der Waals surface area contributed by atoms with Gasteiger partial charge in [-0.3, -0.25) is 14.5 Å². The van der Waals surface area contributed by atoms with Gasteiger partial charge in [0.1, 0.15) is 11.6 Å². The number of hydrogen-bond acceptors (Lipinski definition) is 4. The molecule has 2 rings (SSSR count). The van der Waals surface area contributed by atoms with Crippen molar-refractivity contribution < 1.29 is 19.1 Å². The molecule has 1 saturated heterocycles. The van der Waals surface area contributed by atoms with Crippen molar-refractivity contribution >= 4 is 11.7 Å². The minimum Gasteiger partial charge on any atom is -0.507 e. The van der Waals surface area contributed by atoms with Gasteiger partial charge in [-0.25, -0.2) is 4.39 Å². The Morgan fingerprint density at radius 1 is 1.50 bits per heavy atom. The predicted octanol–water partition coefficient (Wildman–Crippen LogP) is 0.146. The number of carbonyl (C=O) groups is 2. The third-order valence-electron chi connectivity index (χ3n) is 2.74. The van der Waals surface area contributed by atoms with Gasteiger partial charge >= 0.3 is 0 Å². The van der Waals surface area contributed by atoms with Crippen LogP contribution in [0.5, 0.6) is 5.75 Å². The van der Waals surface area contributed by atoms with Crippen molar-refractivity contribution in [2.24, 2.45) is 0 Å². The Labute approximate surface area is 103 Å². The van der Waals surface area contributed by atoms with Crippen LogP contribution in [-0.4, -0.2) is 47.9 Å². The number of nitrogens with zero attached hydrogens (tertiary/aromatic N) is 1. The van der Waals surface area contributed by atoms with Crippen LogP contribution >= 0.6 is 0 Å². The van der Waals surface area contributed by atoms with Crippen LogP contribution in [0.1, 0.15) is 10.4 Å². The van der Waals surface area contributed by atoms with Gasteiger partial charge in [-0.2, -0.15) is 0 Å². The van der Waals surface area contributed by atoms with Gasteiger partial charge in [-0.1, -0.05) is 0 Å². The normalized spacial score (nSPS) is 16.4. The largest absolute Gasteiger partial charge is 0.507 e. The average Bonchev–Trinajstić information content (AvgIpc) is 2.32. The van der Waals surface area contributed by atoms with Gasteiger partial charge in [0.15, 0.2) is 5.78 Å². The van der Waals surface area contributed by atoms with Crippen LogP contribution in [0.4, 0.5) is 4.39 Å². The second-order valence-corrected chi connectivity index (χ2v) is 4.15. The van der Waals surface area contributed by atoms with E-state index in [1.165, 1.54) is 0 Å². The summed E-state index contributed by atoms with van der Waals surface area (Å²) in [4.78, 5) is 24.7. The quantitative estimate of drug-likeness (QED) is 0.751. The molecular formula is C12H13FN2O3. The number of Topliss-reactive ketones (excluding diaryl/α,β-unsaturated/α-hetero) is 1. The van der Waals surface area contributed by atoms with E-state index < -0.39 is 11.6 Å². The summed E-state index contributed by atoms with van der Waals surface area (Å²) in [6.07, 6.45) is 0. The zero-order valence-electron chi connectivity index (χ0n) is 9.65. The Bertz CT molecular complexity index is 490. The lowest BCUT2D eigenvalue weighted by Crippen LogP contribution is -2.49. The van der Waals surface area contributed by atoms with Crippen LogP contribution in [0, 0.1) is 5.82 Å². The number of phenolic OH excluding ortho intramolecular Hbond substituents is 1. The summed E-state index contributed by atoms with van der Waals surface area (Å²) in [7, 11) is 0. The zero-order chi connectivity index (χ0) is 13.1. The minimum absolute atomic E-state index is 0.00949. The number of hydrogen-bond donors (Lipinski definition) is 2. The number of carbonyl (C=O) groups excluding carboxylic acids is 2. The third-order valence-corrected chi connectivity index (χ3v) is 2.74. The first-order valence-electron chi connectivity index (χ1n) is 5.57. The Hall–Kier alpha value is -1.95. The van der Waals surface area contributed by atoms with E-state index in [2.05, 4.69) is 5.32 Å². The lowest BCUT2D eigenvalue weighted by atomic mass is 10.1. The fourth-order valence-corrected chi connectivity index (χ4v) is 1.85. The molecular weight excluding hydrogens is 239 g/mol. The van der Waals surface area contributed by atoms with Crippen LogP contribution in [0.25, 0.3) is 0 Å². The van der Waals surface area contributed by atoms with Crippen molar-refractivity contribution in [2.45, 2.75) is 0 Å². The van der Waals surface area contributed by atoms with Gasteiger partial charge in [-0.05, 0) is 18.2 Å². The molecule has 1 fully saturated rings. The number of aromatic hydroxyl groups is 1. The summed E-state index contributed by atoms with van der Waals surface area (Å²) < 4.78 is 13.0. The fourth-order valence-electron chi connectivity index (χ4n) is 1.85. The highest BCUT2D eigenvalue weighted by Crippen LogP contribution is 2.18. The van der Waals surface area contributed by atoms with Crippen molar-refractivity contribution in [3.63, 3.8) is 0 Å². The molecule has 2 N–H and O–H groups in total. The molecule has 0 saturated carbocycles. The Kier molecular flexibility index (Phi) is 3.57. The number of nitrogens with one attached hydrogen (secondary N) is 1. The summed E-state index contributed by atoms with van der Waals surface area (Å²) in [6, 6.07) is 3.23. The molecule has 5 nitrogen and oxygen atoms in total. The maximum Gasteiger partial charge on any atom is 0.234 e.